The summed E-state index contributed by atoms with van der Waals surface area (Å²) < 4.78 is 7.22. The first kappa shape index (κ1) is 16.4. The van der Waals surface area contributed by atoms with Crippen LogP contribution in [0.2, 0.25) is 0 Å². The number of benzene rings is 1. The lowest BCUT2D eigenvalue weighted by Crippen LogP contribution is -2.19. The summed E-state index contributed by atoms with van der Waals surface area (Å²) in [6.45, 7) is 0. The molecule has 5 heteroatoms. The number of fused-ring (bicyclic) bond motifs is 1. The molecule has 132 valence electrons. The molecule has 5 nitrogen and oxygen atoms in total. The van der Waals surface area contributed by atoms with E-state index in [0.717, 1.165) is 54.3 Å². The maximum Gasteiger partial charge on any atom is 0.219 e. The van der Waals surface area contributed by atoms with Gasteiger partial charge in [-0.1, -0.05) is 18.2 Å². The zero-order valence-electron chi connectivity index (χ0n) is 14.7. The average Bonchev–Trinajstić information content (AvgIpc) is 3.09. The van der Waals surface area contributed by atoms with Crippen molar-refractivity contribution in [1.82, 2.24) is 9.38 Å². The Labute approximate surface area is 152 Å². The number of nitrogens with zero attached hydrogens (tertiary/aromatic N) is 3. The number of carbonyl (C=O) groups excluding carboxylic acids is 1. The van der Waals surface area contributed by atoms with Gasteiger partial charge < -0.3 is 4.74 Å². The predicted octanol–water partition coefficient (Wildman–Crippen LogP) is 4.46. The van der Waals surface area contributed by atoms with E-state index in [0.29, 0.717) is 5.92 Å². The summed E-state index contributed by atoms with van der Waals surface area (Å²) in [5, 5.41) is 0. The molecule has 1 aliphatic carbocycles. The zero-order valence-corrected chi connectivity index (χ0v) is 14.7. The minimum atomic E-state index is 0.315. The van der Waals surface area contributed by atoms with Gasteiger partial charge in [0.15, 0.2) is 0 Å². The van der Waals surface area contributed by atoms with Gasteiger partial charge in [0.1, 0.15) is 17.2 Å². The van der Waals surface area contributed by atoms with E-state index in [-0.39, 0.29) is 0 Å². The van der Waals surface area contributed by atoms with Crippen molar-refractivity contribution >= 4 is 23.6 Å². The van der Waals surface area contributed by atoms with Gasteiger partial charge in [0.2, 0.25) is 6.41 Å². The number of hydrogen-bond acceptors (Lipinski definition) is 3. The number of methoxy groups -OCH3 is 1. The van der Waals surface area contributed by atoms with Crippen molar-refractivity contribution in [3.8, 4) is 5.75 Å². The van der Waals surface area contributed by atoms with Gasteiger partial charge in [-0.3, -0.25) is 14.1 Å². The third kappa shape index (κ3) is 2.86. The molecule has 0 spiro atoms. The third-order valence-electron chi connectivity index (χ3n) is 4.87. The highest BCUT2D eigenvalue weighted by molar-refractivity contribution is 5.87. The topological polar surface area (TPSA) is 46.8 Å². The van der Waals surface area contributed by atoms with Gasteiger partial charge in [-0.05, 0) is 55.7 Å². The summed E-state index contributed by atoms with van der Waals surface area (Å²) in [4.78, 5) is 18.6. The normalized spacial score (nSPS) is 16.6. The number of aromatic nitrogens is 2. The lowest BCUT2D eigenvalue weighted by atomic mass is 9.91. The van der Waals surface area contributed by atoms with Crippen LogP contribution in [0.1, 0.15) is 30.9 Å². The molecule has 0 fully saturated rings. The fraction of sp³-hybridized carbons (Fsp3) is 0.238. The highest BCUT2D eigenvalue weighted by Gasteiger charge is 2.26. The van der Waals surface area contributed by atoms with Crippen molar-refractivity contribution in [2.75, 3.05) is 12.0 Å². The number of hydrogen-bond donors (Lipinski definition) is 0. The summed E-state index contributed by atoms with van der Waals surface area (Å²) in [6.07, 6.45) is 10.3. The lowest BCUT2D eigenvalue weighted by Gasteiger charge is -2.23. The average molecular weight is 347 g/mol. The molecule has 2 aromatic heterocycles. The molecule has 0 bridgehead atoms. The summed E-state index contributed by atoms with van der Waals surface area (Å²) in [5.74, 6) is 1.90. The number of carbonyl (C=O) groups is 1. The van der Waals surface area contributed by atoms with Gasteiger partial charge in [0, 0.05) is 12.1 Å². The summed E-state index contributed by atoms with van der Waals surface area (Å²) >= 11 is 0. The Morgan fingerprint density at radius 2 is 2.04 bits per heavy atom. The monoisotopic (exact) mass is 347 g/mol. The number of pyridine rings is 1. The third-order valence-corrected chi connectivity index (χ3v) is 4.87. The molecule has 0 saturated heterocycles. The Kier molecular flexibility index (Phi) is 4.44. The Hall–Kier alpha value is -3.08. The fourth-order valence-electron chi connectivity index (χ4n) is 3.53. The minimum Gasteiger partial charge on any atom is -0.497 e. The maximum absolute atomic E-state index is 12.1. The maximum atomic E-state index is 12.1. The number of imidazole rings is 1. The smallest absolute Gasteiger partial charge is 0.219 e. The Balaban J connectivity index is 1.86. The van der Waals surface area contributed by atoms with Crippen LogP contribution in [0.5, 0.6) is 5.75 Å². The van der Waals surface area contributed by atoms with Crippen molar-refractivity contribution < 1.29 is 9.53 Å². The second-order valence-corrected chi connectivity index (χ2v) is 6.40. The highest BCUT2D eigenvalue weighted by Crippen LogP contribution is 2.38. The molecule has 4 rings (SSSR count). The summed E-state index contributed by atoms with van der Waals surface area (Å²) in [5.41, 5.74) is 2.62. The zero-order chi connectivity index (χ0) is 17.9. The number of allylic oxidation sites excluding steroid dienone is 2. The molecule has 26 heavy (non-hydrogen) atoms. The van der Waals surface area contributed by atoms with Gasteiger partial charge in [0.25, 0.3) is 0 Å². The van der Waals surface area contributed by atoms with E-state index in [1.165, 1.54) is 0 Å². The van der Waals surface area contributed by atoms with Crippen LogP contribution in [-0.4, -0.2) is 22.9 Å². The fourth-order valence-corrected chi connectivity index (χ4v) is 3.53. The summed E-state index contributed by atoms with van der Waals surface area (Å²) in [7, 11) is 1.63. The van der Waals surface area contributed by atoms with Gasteiger partial charge in [-0.15, -0.1) is 0 Å². The minimum absolute atomic E-state index is 0.315. The predicted molar refractivity (Wildman–Crippen MR) is 102 cm³/mol. The quantitative estimate of drug-likeness (QED) is 0.506. The molecule has 0 saturated carbocycles. The van der Waals surface area contributed by atoms with Crippen LogP contribution in [-0.2, 0) is 4.79 Å². The van der Waals surface area contributed by atoms with Crippen LogP contribution in [0.3, 0.4) is 0 Å². The van der Waals surface area contributed by atoms with E-state index in [2.05, 4.69) is 12.2 Å². The Bertz CT molecular complexity index is 944. The summed E-state index contributed by atoms with van der Waals surface area (Å²) in [6, 6.07) is 13.4. The van der Waals surface area contributed by atoms with E-state index < -0.39 is 0 Å². The van der Waals surface area contributed by atoms with Crippen molar-refractivity contribution in [2.45, 2.75) is 25.2 Å². The molecule has 1 amide bonds. The molecule has 0 N–H and O–H groups in total. The van der Waals surface area contributed by atoms with Crippen LogP contribution in [0.15, 0.2) is 60.8 Å². The Morgan fingerprint density at radius 3 is 2.73 bits per heavy atom. The standard InChI is InChI=1S/C21H21N3O2/c1-26-18-12-10-17(11-13-18)24(15-25)21-20(16-7-3-2-4-8-16)22-19-9-5-6-14-23(19)21/h2-3,5-6,9-16H,4,7-8H2,1H3. The number of ether oxygens (including phenoxy) is 1. The van der Waals surface area contributed by atoms with Gasteiger partial charge in [-0.2, -0.15) is 0 Å². The molecular formula is C21H21N3O2. The molecule has 3 aromatic rings. The molecule has 0 aliphatic heterocycles. The van der Waals surface area contributed by atoms with Crippen molar-refractivity contribution in [2.24, 2.45) is 0 Å². The second kappa shape index (κ2) is 7.04. The highest BCUT2D eigenvalue weighted by atomic mass is 16.5. The first-order valence-corrected chi connectivity index (χ1v) is 8.82. The molecule has 1 unspecified atom stereocenters. The number of anilines is 2. The van der Waals surface area contributed by atoms with Gasteiger partial charge in [0.05, 0.1) is 18.5 Å². The molecular weight excluding hydrogens is 326 g/mol. The Morgan fingerprint density at radius 1 is 1.19 bits per heavy atom. The van der Waals surface area contributed by atoms with Gasteiger partial charge in [-0.25, -0.2) is 4.98 Å². The number of rotatable bonds is 5. The van der Waals surface area contributed by atoms with Crippen LogP contribution in [0.4, 0.5) is 11.5 Å². The van der Waals surface area contributed by atoms with Gasteiger partial charge >= 0.3 is 0 Å². The second-order valence-electron chi connectivity index (χ2n) is 6.40. The van der Waals surface area contributed by atoms with Crippen LogP contribution in [0.25, 0.3) is 5.65 Å². The molecule has 1 aromatic carbocycles. The first-order valence-electron chi connectivity index (χ1n) is 8.82. The van der Waals surface area contributed by atoms with E-state index in [4.69, 9.17) is 9.72 Å². The van der Waals surface area contributed by atoms with Crippen LogP contribution in [0, 0.1) is 0 Å². The van der Waals surface area contributed by atoms with Crippen LogP contribution >= 0.6 is 0 Å². The largest absolute Gasteiger partial charge is 0.497 e. The first-order chi connectivity index (χ1) is 12.8. The van der Waals surface area contributed by atoms with Crippen molar-refractivity contribution in [1.29, 1.82) is 0 Å². The van der Waals surface area contributed by atoms with E-state index in [9.17, 15) is 4.79 Å². The van der Waals surface area contributed by atoms with Crippen molar-refractivity contribution in [3.05, 3.63) is 66.5 Å². The van der Waals surface area contributed by atoms with E-state index in [1.54, 1.807) is 12.0 Å². The SMILES string of the molecule is COc1ccc(N(C=O)c2c(C3CC=CCC3)nc3ccccn23)cc1. The molecule has 1 atom stereocenters. The molecule has 2 heterocycles. The van der Waals surface area contributed by atoms with E-state index in [1.807, 2.05) is 53.1 Å². The van der Waals surface area contributed by atoms with Crippen molar-refractivity contribution in [3.63, 3.8) is 0 Å². The van der Waals surface area contributed by atoms with E-state index >= 15 is 0 Å². The molecule has 1 aliphatic rings. The van der Waals surface area contributed by atoms with Crippen LogP contribution < -0.4 is 9.64 Å². The lowest BCUT2D eigenvalue weighted by molar-refractivity contribution is -0.106. The number of amides is 1. The molecule has 0 radical (unpaired) electrons.